The van der Waals surface area contributed by atoms with E-state index in [-0.39, 0.29) is 17.6 Å². The standard InChI is InChI=1S/C20H23N7O2/c1-14-10-16-6-3-4-7-17(16)27-19(14)24-26(20(27)29)11-15(2)23-18(28)8-5-9-25-13-21-12-22-25/h3-4,6-7,10,12-13,15H,5,8-9,11H2,1-2H3,(H,23,28)/t15-/m0/s1. The first-order valence-corrected chi connectivity index (χ1v) is 9.62. The van der Waals surface area contributed by atoms with E-state index in [4.69, 9.17) is 0 Å². The number of aromatic nitrogens is 6. The summed E-state index contributed by atoms with van der Waals surface area (Å²) in [6.45, 7) is 4.76. The summed E-state index contributed by atoms with van der Waals surface area (Å²) >= 11 is 0. The van der Waals surface area contributed by atoms with Gasteiger partial charge in [0.2, 0.25) is 5.91 Å². The van der Waals surface area contributed by atoms with Crippen LogP contribution in [0.25, 0.3) is 16.6 Å². The third-order valence-electron chi connectivity index (χ3n) is 4.85. The Kier molecular flexibility index (Phi) is 5.11. The molecule has 1 aromatic carbocycles. The molecule has 0 saturated heterocycles. The predicted molar refractivity (Wildman–Crippen MR) is 109 cm³/mol. The highest BCUT2D eigenvalue weighted by atomic mass is 16.2. The minimum absolute atomic E-state index is 0.0592. The molecule has 9 nitrogen and oxygen atoms in total. The monoisotopic (exact) mass is 393 g/mol. The van der Waals surface area contributed by atoms with E-state index in [1.165, 1.54) is 11.0 Å². The molecule has 0 fully saturated rings. The highest BCUT2D eigenvalue weighted by Gasteiger charge is 2.15. The zero-order chi connectivity index (χ0) is 20.4. The second-order valence-corrected chi connectivity index (χ2v) is 7.24. The van der Waals surface area contributed by atoms with Crippen molar-refractivity contribution in [1.29, 1.82) is 0 Å². The summed E-state index contributed by atoms with van der Waals surface area (Å²) in [4.78, 5) is 29.0. The zero-order valence-electron chi connectivity index (χ0n) is 16.4. The van der Waals surface area contributed by atoms with Crippen LogP contribution in [0.5, 0.6) is 0 Å². The van der Waals surface area contributed by atoms with Crippen molar-refractivity contribution in [3.05, 3.63) is 59.0 Å². The molecule has 150 valence electrons. The maximum absolute atomic E-state index is 13.0. The largest absolute Gasteiger partial charge is 0.352 e. The predicted octanol–water partition coefficient (Wildman–Crippen LogP) is 1.53. The van der Waals surface area contributed by atoms with E-state index in [1.54, 1.807) is 15.4 Å². The van der Waals surface area contributed by atoms with Gasteiger partial charge in [0.25, 0.3) is 0 Å². The lowest BCUT2D eigenvalue weighted by atomic mass is 10.1. The van der Waals surface area contributed by atoms with E-state index >= 15 is 0 Å². The number of para-hydroxylation sites is 1. The lowest BCUT2D eigenvalue weighted by Crippen LogP contribution is -2.38. The van der Waals surface area contributed by atoms with E-state index in [0.29, 0.717) is 31.6 Å². The van der Waals surface area contributed by atoms with Gasteiger partial charge in [0.05, 0.1) is 12.1 Å². The van der Waals surface area contributed by atoms with Gasteiger partial charge < -0.3 is 5.32 Å². The van der Waals surface area contributed by atoms with Crippen LogP contribution in [0.4, 0.5) is 0 Å². The highest BCUT2D eigenvalue weighted by molar-refractivity contribution is 5.83. The van der Waals surface area contributed by atoms with Crippen molar-refractivity contribution in [1.82, 2.24) is 34.3 Å². The lowest BCUT2D eigenvalue weighted by Gasteiger charge is -2.13. The molecule has 9 heteroatoms. The number of rotatable bonds is 7. The molecule has 0 saturated carbocycles. The number of nitrogens with one attached hydrogen (secondary N) is 1. The van der Waals surface area contributed by atoms with Crippen molar-refractivity contribution in [2.45, 2.75) is 45.8 Å². The lowest BCUT2D eigenvalue weighted by molar-refractivity contribution is -0.121. The third kappa shape index (κ3) is 3.89. The van der Waals surface area contributed by atoms with Gasteiger partial charge in [-0.15, -0.1) is 5.10 Å². The Morgan fingerprint density at radius 2 is 2.10 bits per heavy atom. The molecule has 1 atom stereocenters. The Hall–Kier alpha value is -3.49. The summed E-state index contributed by atoms with van der Waals surface area (Å²) in [6.07, 6.45) is 4.15. The summed E-state index contributed by atoms with van der Waals surface area (Å²) in [5.41, 5.74) is 2.20. The number of fused-ring (bicyclic) bond motifs is 3. The molecule has 0 aliphatic rings. The zero-order valence-corrected chi connectivity index (χ0v) is 16.4. The van der Waals surface area contributed by atoms with Crippen molar-refractivity contribution in [3.63, 3.8) is 0 Å². The van der Waals surface area contributed by atoms with Crippen LogP contribution < -0.4 is 11.0 Å². The minimum atomic E-state index is -0.219. The molecule has 3 aromatic heterocycles. The first-order chi connectivity index (χ1) is 14.0. The van der Waals surface area contributed by atoms with Gasteiger partial charge in [-0.2, -0.15) is 5.10 Å². The van der Waals surface area contributed by atoms with Crippen molar-refractivity contribution in [2.75, 3.05) is 0 Å². The molecule has 3 heterocycles. The fourth-order valence-electron chi connectivity index (χ4n) is 3.51. The summed E-state index contributed by atoms with van der Waals surface area (Å²) in [5, 5.41) is 12.4. The average Bonchev–Trinajstić information content (AvgIpc) is 3.31. The molecule has 4 rings (SSSR count). The fourth-order valence-corrected chi connectivity index (χ4v) is 3.51. The molecule has 0 aliphatic carbocycles. The highest BCUT2D eigenvalue weighted by Crippen LogP contribution is 2.18. The fraction of sp³-hybridized carbons (Fsp3) is 0.350. The van der Waals surface area contributed by atoms with Crippen LogP contribution in [0.1, 0.15) is 25.3 Å². The molecule has 29 heavy (non-hydrogen) atoms. The van der Waals surface area contributed by atoms with Gasteiger partial charge in [-0.05, 0) is 43.4 Å². The number of carbonyl (C=O) groups excluding carboxylic acids is 1. The van der Waals surface area contributed by atoms with Crippen LogP contribution in [0.3, 0.4) is 0 Å². The molecular formula is C20H23N7O2. The Balaban J connectivity index is 1.45. The summed E-state index contributed by atoms with van der Waals surface area (Å²) < 4.78 is 4.76. The number of amides is 1. The van der Waals surface area contributed by atoms with Gasteiger partial charge in [-0.25, -0.2) is 18.9 Å². The maximum atomic E-state index is 13.0. The van der Waals surface area contributed by atoms with Gasteiger partial charge >= 0.3 is 5.69 Å². The van der Waals surface area contributed by atoms with Crippen LogP contribution in [0.2, 0.25) is 0 Å². The Morgan fingerprint density at radius 1 is 1.28 bits per heavy atom. The summed E-state index contributed by atoms with van der Waals surface area (Å²) in [5.74, 6) is -0.0592. The van der Waals surface area contributed by atoms with Crippen molar-refractivity contribution in [2.24, 2.45) is 0 Å². The van der Waals surface area contributed by atoms with E-state index in [9.17, 15) is 9.59 Å². The topological polar surface area (TPSA) is 99.1 Å². The second kappa shape index (κ2) is 7.86. The third-order valence-corrected chi connectivity index (χ3v) is 4.85. The van der Waals surface area contributed by atoms with Gasteiger partial charge in [-0.1, -0.05) is 18.2 Å². The van der Waals surface area contributed by atoms with Gasteiger partial charge in [0, 0.05) is 19.0 Å². The smallest absolute Gasteiger partial charge is 0.350 e. The Morgan fingerprint density at radius 3 is 2.90 bits per heavy atom. The normalized spacial score (nSPS) is 12.5. The number of benzene rings is 1. The number of pyridine rings is 1. The first kappa shape index (κ1) is 18.9. The molecule has 0 spiro atoms. The number of hydrogen-bond donors (Lipinski definition) is 1. The number of hydrogen-bond acceptors (Lipinski definition) is 5. The van der Waals surface area contributed by atoms with Gasteiger partial charge in [0.1, 0.15) is 12.7 Å². The number of carbonyl (C=O) groups is 1. The molecule has 0 radical (unpaired) electrons. The van der Waals surface area contributed by atoms with Gasteiger partial charge in [0.15, 0.2) is 5.65 Å². The minimum Gasteiger partial charge on any atom is -0.352 e. The van der Waals surface area contributed by atoms with E-state index in [2.05, 4.69) is 20.5 Å². The molecule has 4 aromatic rings. The number of nitrogens with zero attached hydrogens (tertiary/aromatic N) is 6. The Labute approximate surface area is 167 Å². The maximum Gasteiger partial charge on any atom is 0.350 e. The molecule has 1 amide bonds. The quantitative estimate of drug-likeness (QED) is 0.513. The number of aryl methyl sites for hydroxylation is 2. The Bertz CT molecular complexity index is 1210. The molecule has 1 N–H and O–H groups in total. The SMILES string of the molecule is Cc1cc2ccccc2n2c(=O)n(C[C@H](C)NC(=O)CCCn3cncn3)nc12. The van der Waals surface area contributed by atoms with E-state index < -0.39 is 0 Å². The van der Waals surface area contributed by atoms with Crippen LogP contribution in [0, 0.1) is 6.92 Å². The average molecular weight is 393 g/mol. The molecule has 0 unspecified atom stereocenters. The van der Waals surface area contributed by atoms with Crippen molar-refractivity contribution < 1.29 is 4.79 Å². The summed E-state index contributed by atoms with van der Waals surface area (Å²) in [6, 6.07) is 9.56. The first-order valence-electron chi connectivity index (χ1n) is 9.62. The van der Waals surface area contributed by atoms with E-state index in [0.717, 1.165) is 16.5 Å². The van der Waals surface area contributed by atoms with Crippen molar-refractivity contribution in [3.8, 4) is 0 Å². The van der Waals surface area contributed by atoms with Crippen LogP contribution in [-0.4, -0.2) is 40.9 Å². The van der Waals surface area contributed by atoms with E-state index in [1.807, 2.05) is 44.2 Å². The van der Waals surface area contributed by atoms with Crippen LogP contribution in [-0.2, 0) is 17.9 Å². The second-order valence-electron chi connectivity index (χ2n) is 7.24. The molecule has 0 bridgehead atoms. The summed E-state index contributed by atoms with van der Waals surface area (Å²) in [7, 11) is 0. The van der Waals surface area contributed by atoms with Gasteiger partial charge in [-0.3, -0.25) is 9.48 Å². The van der Waals surface area contributed by atoms with Crippen LogP contribution >= 0.6 is 0 Å². The molecular weight excluding hydrogens is 370 g/mol. The van der Waals surface area contributed by atoms with Crippen molar-refractivity contribution >= 4 is 22.5 Å². The molecule has 0 aliphatic heterocycles. The van der Waals surface area contributed by atoms with Crippen LogP contribution in [0.15, 0.2) is 47.8 Å².